The summed E-state index contributed by atoms with van der Waals surface area (Å²) in [6.45, 7) is 0.692. The Morgan fingerprint density at radius 3 is 2.85 bits per heavy atom. The zero-order valence-corrected chi connectivity index (χ0v) is 15.0. The number of imidazole rings is 1. The zero-order valence-electron chi connectivity index (χ0n) is 15.0. The van der Waals surface area contributed by atoms with Crippen molar-refractivity contribution in [3.63, 3.8) is 0 Å². The van der Waals surface area contributed by atoms with Crippen molar-refractivity contribution in [2.45, 2.75) is 45.1 Å². The highest BCUT2D eigenvalue weighted by Gasteiger charge is 2.20. The molecule has 0 spiro atoms. The second-order valence-corrected chi connectivity index (χ2v) is 7.57. The first-order valence-corrected chi connectivity index (χ1v) is 9.56. The number of H-pyrrole nitrogens is 1. The highest BCUT2D eigenvalue weighted by atomic mass is 16.2. The van der Waals surface area contributed by atoms with Crippen molar-refractivity contribution < 1.29 is 4.79 Å². The minimum absolute atomic E-state index is 0.00985. The molecule has 2 N–H and O–H groups in total. The number of aromatic amines is 1. The van der Waals surface area contributed by atoms with E-state index in [1.807, 2.05) is 18.2 Å². The molecule has 138 valence electrons. The number of nitrogens with one attached hydrogen (secondary N) is 2. The molecular weight excluding hydrogens is 342 g/mol. The van der Waals surface area contributed by atoms with E-state index in [4.69, 9.17) is 4.98 Å². The van der Waals surface area contributed by atoms with Gasteiger partial charge in [0.05, 0.1) is 18.3 Å². The number of amides is 1. The molecule has 5 rings (SSSR count). The molecular formula is C20H21N5O2. The molecule has 2 aliphatic rings. The molecule has 0 bridgehead atoms. The van der Waals surface area contributed by atoms with E-state index >= 15 is 0 Å². The van der Waals surface area contributed by atoms with Crippen LogP contribution in [0, 0.1) is 5.92 Å². The first kappa shape index (κ1) is 16.2. The largest absolute Gasteiger partial charge is 0.328 e. The fourth-order valence-electron chi connectivity index (χ4n) is 4.23. The van der Waals surface area contributed by atoms with Crippen LogP contribution >= 0.6 is 0 Å². The van der Waals surface area contributed by atoms with Gasteiger partial charge in [-0.05, 0) is 30.4 Å². The average molecular weight is 363 g/mol. The van der Waals surface area contributed by atoms with Gasteiger partial charge in [-0.25, -0.2) is 14.8 Å². The number of nitrogens with zero attached hydrogens (tertiary/aromatic N) is 3. The summed E-state index contributed by atoms with van der Waals surface area (Å²) in [4.78, 5) is 36.0. The molecule has 1 saturated carbocycles. The molecule has 0 atom stereocenters. The van der Waals surface area contributed by atoms with Crippen LogP contribution in [0.15, 0.2) is 29.2 Å². The molecule has 3 heterocycles. The molecule has 3 aromatic rings. The molecule has 7 nitrogen and oxygen atoms in total. The van der Waals surface area contributed by atoms with Crippen molar-refractivity contribution in [1.29, 1.82) is 0 Å². The van der Waals surface area contributed by atoms with Crippen LogP contribution in [0.2, 0.25) is 0 Å². The van der Waals surface area contributed by atoms with Crippen molar-refractivity contribution in [2.75, 3.05) is 5.32 Å². The summed E-state index contributed by atoms with van der Waals surface area (Å²) in [7, 11) is 0. The van der Waals surface area contributed by atoms with Gasteiger partial charge in [-0.3, -0.25) is 14.3 Å². The molecule has 7 heteroatoms. The number of rotatable bonds is 3. The molecule has 1 amide bonds. The average Bonchev–Trinajstić information content (AvgIpc) is 3.20. The summed E-state index contributed by atoms with van der Waals surface area (Å²) in [6.07, 6.45) is 8.17. The summed E-state index contributed by atoms with van der Waals surface area (Å²) in [6, 6.07) is 5.82. The lowest BCUT2D eigenvalue weighted by Gasteiger charge is -2.21. The van der Waals surface area contributed by atoms with E-state index in [0.29, 0.717) is 35.9 Å². The quantitative estimate of drug-likeness (QED) is 0.748. The van der Waals surface area contributed by atoms with Crippen LogP contribution in [0.4, 0.5) is 5.69 Å². The van der Waals surface area contributed by atoms with Crippen LogP contribution in [0.3, 0.4) is 0 Å². The molecule has 1 fully saturated rings. The molecule has 1 aliphatic carbocycles. The maximum absolute atomic E-state index is 12.4. The van der Waals surface area contributed by atoms with Gasteiger partial charge in [0.2, 0.25) is 5.91 Å². The zero-order chi connectivity index (χ0) is 18.4. The van der Waals surface area contributed by atoms with Crippen LogP contribution in [0.1, 0.15) is 37.7 Å². The van der Waals surface area contributed by atoms with Crippen LogP contribution in [-0.2, 0) is 17.8 Å². The standard InChI is InChI=1S/C20H21N5O2/c26-17-9-14-7-6-13(8-15(14)22-17)16-10-21-18-19(23-16)25(20(27)24-18)11-12-4-2-1-3-5-12/h6-8,10,12H,1-5,9,11H2,(H,22,26)(H,21,24,27). The summed E-state index contributed by atoms with van der Waals surface area (Å²) < 4.78 is 1.73. The van der Waals surface area contributed by atoms with Gasteiger partial charge in [0.25, 0.3) is 0 Å². The van der Waals surface area contributed by atoms with E-state index in [9.17, 15) is 9.59 Å². The van der Waals surface area contributed by atoms with Crippen LogP contribution in [0.25, 0.3) is 22.6 Å². The van der Waals surface area contributed by atoms with Crippen LogP contribution in [0.5, 0.6) is 0 Å². The molecule has 1 aliphatic heterocycles. The Balaban J connectivity index is 1.53. The first-order valence-electron chi connectivity index (χ1n) is 9.56. The highest BCUT2D eigenvalue weighted by molar-refractivity contribution is 5.99. The van der Waals surface area contributed by atoms with Gasteiger partial charge < -0.3 is 5.32 Å². The summed E-state index contributed by atoms with van der Waals surface area (Å²) in [5, 5.41) is 2.87. The van der Waals surface area contributed by atoms with Gasteiger partial charge in [-0.2, -0.15) is 0 Å². The second-order valence-electron chi connectivity index (χ2n) is 7.57. The fourth-order valence-corrected chi connectivity index (χ4v) is 4.23. The Bertz CT molecular complexity index is 1090. The lowest BCUT2D eigenvalue weighted by molar-refractivity contribution is -0.115. The Morgan fingerprint density at radius 2 is 2.00 bits per heavy atom. The lowest BCUT2D eigenvalue weighted by atomic mass is 9.89. The number of fused-ring (bicyclic) bond motifs is 2. The smallest absolute Gasteiger partial charge is 0.326 e. The van der Waals surface area contributed by atoms with Gasteiger partial charge in [-0.15, -0.1) is 0 Å². The highest BCUT2D eigenvalue weighted by Crippen LogP contribution is 2.29. The normalized spacial score (nSPS) is 17.3. The van der Waals surface area contributed by atoms with Crippen molar-refractivity contribution in [3.05, 3.63) is 40.4 Å². The van der Waals surface area contributed by atoms with Gasteiger partial charge in [-0.1, -0.05) is 31.4 Å². The van der Waals surface area contributed by atoms with E-state index in [-0.39, 0.29) is 11.6 Å². The molecule has 2 aromatic heterocycles. The Labute approximate surface area is 155 Å². The number of hydrogen-bond donors (Lipinski definition) is 2. The lowest BCUT2D eigenvalue weighted by Crippen LogP contribution is -2.23. The predicted molar refractivity (Wildman–Crippen MR) is 102 cm³/mol. The number of aromatic nitrogens is 4. The Hall–Kier alpha value is -2.96. The molecule has 0 unspecified atom stereocenters. The van der Waals surface area contributed by atoms with E-state index in [2.05, 4.69) is 15.3 Å². The minimum atomic E-state index is -0.144. The number of hydrogen-bond acceptors (Lipinski definition) is 4. The van der Waals surface area contributed by atoms with Gasteiger partial charge in [0.15, 0.2) is 11.3 Å². The maximum Gasteiger partial charge on any atom is 0.328 e. The van der Waals surface area contributed by atoms with Crippen LogP contribution in [-0.4, -0.2) is 25.4 Å². The molecule has 0 saturated heterocycles. The molecule has 27 heavy (non-hydrogen) atoms. The summed E-state index contributed by atoms with van der Waals surface area (Å²) in [5.41, 5.74) is 4.38. The predicted octanol–water partition coefficient (Wildman–Crippen LogP) is 2.86. The molecule has 1 aromatic carbocycles. The third kappa shape index (κ3) is 2.93. The monoisotopic (exact) mass is 363 g/mol. The van der Waals surface area contributed by atoms with Gasteiger partial charge >= 0.3 is 5.69 Å². The number of carbonyl (C=O) groups excluding carboxylic acids is 1. The van der Waals surface area contributed by atoms with Crippen molar-refractivity contribution in [3.8, 4) is 11.3 Å². The molecule has 0 radical (unpaired) electrons. The summed E-state index contributed by atoms with van der Waals surface area (Å²) >= 11 is 0. The van der Waals surface area contributed by atoms with E-state index in [1.54, 1.807) is 10.8 Å². The van der Waals surface area contributed by atoms with E-state index in [1.165, 1.54) is 19.3 Å². The maximum atomic E-state index is 12.4. The third-order valence-corrected chi connectivity index (χ3v) is 5.68. The fraction of sp³-hybridized carbons (Fsp3) is 0.400. The number of carbonyl (C=O) groups is 1. The Kier molecular flexibility index (Phi) is 3.81. The number of benzene rings is 1. The van der Waals surface area contributed by atoms with Crippen molar-refractivity contribution in [1.82, 2.24) is 19.5 Å². The minimum Gasteiger partial charge on any atom is -0.326 e. The third-order valence-electron chi connectivity index (χ3n) is 5.68. The van der Waals surface area contributed by atoms with Gasteiger partial charge in [0, 0.05) is 17.8 Å². The van der Waals surface area contributed by atoms with Crippen molar-refractivity contribution in [2.24, 2.45) is 5.92 Å². The van der Waals surface area contributed by atoms with E-state index < -0.39 is 0 Å². The SMILES string of the molecule is O=C1Cc2ccc(-c3cnc4[nH]c(=O)n(CC5CCCCC5)c4n3)cc2N1. The topological polar surface area (TPSA) is 92.7 Å². The summed E-state index contributed by atoms with van der Waals surface area (Å²) in [5.74, 6) is 0.534. The van der Waals surface area contributed by atoms with Crippen molar-refractivity contribution >= 4 is 22.9 Å². The second kappa shape index (κ2) is 6.33. The first-order chi connectivity index (χ1) is 13.2. The van der Waals surface area contributed by atoms with Crippen LogP contribution < -0.4 is 11.0 Å². The Morgan fingerprint density at radius 1 is 1.15 bits per heavy atom. The van der Waals surface area contributed by atoms with E-state index in [0.717, 1.165) is 29.7 Å². The van der Waals surface area contributed by atoms with Gasteiger partial charge in [0.1, 0.15) is 0 Å². The number of anilines is 1.